The van der Waals surface area contributed by atoms with E-state index in [0.29, 0.717) is 12.0 Å². The lowest BCUT2D eigenvalue weighted by atomic mass is 10.0. The minimum atomic E-state index is -0.769. The van der Waals surface area contributed by atoms with E-state index >= 15 is 0 Å². The normalized spacial score (nSPS) is 12.6. The Balaban J connectivity index is 1.97. The number of halogens is 1. The molecular weight excluding hydrogens is 427 g/mol. The molecule has 3 rings (SSSR count). The van der Waals surface area contributed by atoms with Gasteiger partial charge in [-0.25, -0.2) is 4.39 Å². The summed E-state index contributed by atoms with van der Waals surface area (Å²) in [6.45, 7) is 5.94. The largest absolute Gasteiger partial charge is 0.352 e. The third-order valence-electron chi connectivity index (χ3n) is 6.05. The topological polar surface area (TPSA) is 49.4 Å². The van der Waals surface area contributed by atoms with Gasteiger partial charge in [0.25, 0.3) is 0 Å². The number of carbonyl (C=O) groups is 2. The number of aryl methyl sites for hydroxylation is 1. The van der Waals surface area contributed by atoms with E-state index in [0.717, 1.165) is 23.1 Å². The van der Waals surface area contributed by atoms with Gasteiger partial charge in [-0.3, -0.25) is 9.59 Å². The van der Waals surface area contributed by atoms with Crippen LogP contribution >= 0.6 is 0 Å². The zero-order chi connectivity index (χ0) is 24.5. The van der Waals surface area contributed by atoms with Crippen LogP contribution in [0.3, 0.4) is 0 Å². The summed E-state index contributed by atoms with van der Waals surface area (Å²) in [5.74, 6) is -0.837. The first-order valence-electron chi connectivity index (χ1n) is 11.8. The summed E-state index contributed by atoms with van der Waals surface area (Å²) in [6, 6.07) is 23.0. The molecule has 0 saturated heterocycles. The summed E-state index contributed by atoms with van der Waals surface area (Å²) in [5.41, 5.74) is 3.28. The smallest absolute Gasteiger partial charge is 0.243 e. The van der Waals surface area contributed by atoms with Crippen molar-refractivity contribution in [2.24, 2.45) is 0 Å². The van der Waals surface area contributed by atoms with Gasteiger partial charge in [-0.05, 0) is 37.5 Å². The van der Waals surface area contributed by atoms with E-state index < -0.39 is 11.9 Å². The lowest BCUT2D eigenvalue weighted by molar-refractivity contribution is -0.141. The fourth-order valence-electron chi connectivity index (χ4n) is 3.79. The van der Waals surface area contributed by atoms with E-state index in [1.54, 1.807) is 18.2 Å². The Hall–Kier alpha value is -3.47. The first-order valence-corrected chi connectivity index (χ1v) is 11.8. The molecule has 5 heteroatoms. The van der Waals surface area contributed by atoms with Crippen molar-refractivity contribution in [3.05, 3.63) is 107 Å². The highest BCUT2D eigenvalue weighted by Gasteiger charge is 2.31. The molecule has 0 aliphatic carbocycles. The minimum Gasteiger partial charge on any atom is -0.352 e. The molecule has 34 heavy (non-hydrogen) atoms. The fraction of sp³-hybridized carbons (Fsp3) is 0.310. The van der Waals surface area contributed by atoms with Crippen LogP contribution in [0, 0.1) is 12.7 Å². The highest BCUT2D eigenvalue weighted by Crippen LogP contribution is 2.18. The lowest BCUT2D eigenvalue weighted by Crippen LogP contribution is -2.52. The summed E-state index contributed by atoms with van der Waals surface area (Å²) in [7, 11) is 0. The number of nitrogens with one attached hydrogen (secondary N) is 1. The van der Waals surface area contributed by atoms with E-state index in [9.17, 15) is 14.0 Å². The maximum absolute atomic E-state index is 14.6. The van der Waals surface area contributed by atoms with Gasteiger partial charge in [-0.2, -0.15) is 0 Å². The van der Waals surface area contributed by atoms with Gasteiger partial charge in [0, 0.05) is 24.6 Å². The van der Waals surface area contributed by atoms with Crippen LogP contribution in [-0.4, -0.2) is 28.8 Å². The first-order chi connectivity index (χ1) is 16.4. The van der Waals surface area contributed by atoms with Gasteiger partial charge in [0.1, 0.15) is 11.9 Å². The lowest BCUT2D eigenvalue weighted by Gasteiger charge is -2.32. The molecule has 3 aromatic rings. The number of nitrogens with zero attached hydrogens (tertiary/aromatic N) is 1. The highest BCUT2D eigenvalue weighted by molar-refractivity contribution is 5.89. The molecule has 2 amide bonds. The van der Waals surface area contributed by atoms with Crippen LogP contribution in [0.2, 0.25) is 0 Å². The Kier molecular flexibility index (Phi) is 8.97. The number of benzene rings is 3. The molecule has 1 N–H and O–H groups in total. The van der Waals surface area contributed by atoms with Gasteiger partial charge in [-0.15, -0.1) is 0 Å². The van der Waals surface area contributed by atoms with Crippen LogP contribution in [-0.2, 0) is 29.0 Å². The van der Waals surface area contributed by atoms with Crippen molar-refractivity contribution in [2.45, 2.75) is 58.7 Å². The monoisotopic (exact) mass is 460 g/mol. The maximum atomic E-state index is 14.6. The number of carbonyl (C=O) groups excluding carboxylic acids is 2. The minimum absolute atomic E-state index is 0.0167. The molecule has 0 heterocycles. The zero-order valence-electron chi connectivity index (χ0n) is 20.1. The van der Waals surface area contributed by atoms with Crippen LogP contribution in [0.4, 0.5) is 4.39 Å². The zero-order valence-corrected chi connectivity index (χ0v) is 20.1. The average molecular weight is 461 g/mol. The molecule has 0 fully saturated rings. The van der Waals surface area contributed by atoms with Crippen molar-refractivity contribution < 1.29 is 14.0 Å². The van der Waals surface area contributed by atoms with E-state index in [4.69, 9.17) is 0 Å². The molecule has 178 valence electrons. The molecule has 2 atom stereocenters. The van der Waals surface area contributed by atoms with Gasteiger partial charge in [0.05, 0.1) is 6.42 Å². The van der Waals surface area contributed by atoms with Crippen molar-refractivity contribution in [1.82, 2.24) is 10.2 Å². The second kappa shape index (κ2) is 12.1. The second-order valence-corrected chi connectivity index (χ2v) is 8.80. The molecule has 0 bridgehead atoms. The van der Waals surface area contributed by atoms with Crippen LogP contribution in [0.15, 0.2) is 78.9 Å². The van der Waals surface area contributed by atoms with Crippen molar-refractivity contribution in [1.29, 1.82) is 0 Å². The summed E-state index contributed by atoms with van der Waals surface area (Å²) in [6.07, 6.45) is 1.25. The van der Waals surface area contributed by atoms with E-state index in [2.05, 4.69) is 5.32 Å². The summed E-state index contributed by atoms with van der Waals surface area (Å²) >= 11 is 0. The van der Waals surface area contributed by atoms with E-state index in [1.165, 1.54) is 11.0 Å². The number of hydrogen-bond acceptors (Lipinski definition) is 2. The fourth-order valence-corrected chi connectivity index (χ4v) is 3.79. The Morgan fingerprint density at radius 1 is 0.912 bits per heavy atom. The van der Waals surface area contributed by atoms with Gasteiger partial charge in [0.15, 0.2) is 0 Å². The van der Waals surface area contributed by atoms with Crippen molar-refractivity contribution in [2.75, 3.05) is 0 Å². The maximum Gasteiger partial charge on any atom is 0.243 e. The van der Waals surface area contributed by atoms with Gasteiger partial charge < -0.3 is 10.2 Å². The Labute approximate surface area is 201 Å². The van der Waals surface area contributed by atoms with E-state index in [-0.39, 0.29) is 30.8 Å². The molecule has 0 saturated carbocycles. The third kappa shape index (κ3) is 7.01. The molecule has 4 nitrogen and oxygen atoms in total. The molecule has 0 aliphatic rings. The molecular formula is C29H33FN2O2. The van der Waals surface area contributed by atoms with E-state index in [1.807, 2.05) is 75.4 Å². The van der Waals surface area contributed by atoms with Crippen LogP contribution in [0.25, 0.3) is 0 Å². The average Bonchev–Trinajstić information content (AvgIpc) is 2.84. The standard InChI is InChI=1S/C29H33FN2O2/c1-4-22(3)31-29(34)27(18-23-10-6-5-7-11-23)32(20-25-12-8-9-13-26(25)30)28(33)19-24-16-14-21(2)15-17-24/h5-17,22,27H,4,18-20H2,1-3H3,(H,31,34)/t22-,27-/m1/s1. The number of amides is 2. The Morgan fingerprint density at radius 3 is 2.21 bits per heavy atom. The molecule has 3 aromatic carbocycles. The predicted molar refractivity (Wildman–Crippen MR) is 134 cm³/mol. The summed E-state index contributed by atoms with van der Waals surface area (Å²) < 4.78 is 14.6. The summed E-state index contributed by atoms with van der Waals surface area (Å²) in [4.78, 5) is 28.6. The molecule has 0 radical (unpaired) electrons. The quantitative estimate of drug-likeness (QED) is 0.450. The van der Waals surface area contributed by atoms with Gasteiger partial charge in [-0.1, -0.05) is 85.3 Å². The Bertz CT molecular complexity index is 1080. The van der Waals surface area contributed by atoms with Gasteiger partial charge in [0.2, 0.25) is 11.8 Å². The van der Waals surface area contributed by atoms with Crippen molar-refractivity contribution in [3.63, 3.8) is 0 Å². The number of rotatable bonds is 10. The third-order valence-corrected chi connectivity index (χ3v) is 6.05. The molecule has 0 aromatic heterocycles. The van der Waals surface area contributed by atoms with Crippen LogP contribution in [0.1, 0.15) is 42.5 Å². The van der Waals surface area contributed by atoms with Crippen LogP contribution in [0.5, 0.6) is 0 Å². The second-order valence-electron chi connectivity index (χ2n) is 8.80. The Morgan fingerprint density at radius 2 is 1.56 bits per heavy atom. The predicted octanol–water partition coefficient (Wildman–Crippen LogP) is 5.23. The summed E-state index contributed by atoms with van der Waals surface area (Å²) in [5, 5.41) is 3.03. The van der Waals surface area contributed by atoms with Gasteiger partial charge >= 0.3 is 0 Å². The molecule has 0 unspecified atom stereocenters. The SMILES string of the molecule is CC[C@@H](C)NC(=O)[C@@H](Cc1ccccc1)N(Cc1ccccc1F)C(=O)Cc1ccc(C)cc1. The molecule has 0 spiro atoms. The molecule has 0 aliphatic heterocycles. The van der Waals surface area contributed by atoms with Crippen LogP contribution < -0.4 is 5.32 Å². The van der Waals surface area contributed by atoms with Crippen molar-refractivity contribution in [3.8, 4) is 0 Å². The highest BCUT2D eigenvalue weighted by atomic mass is 19.1. The first kappa shape index (κ1) is 25.2. The van der Waals surface area contributed by atoms with Crippen molar-refractivity contribution >= 4 is 11.8 Å². The number of hydrogen-bond donors (Lipinski definition) is 1.